The van der Waals surface area contributed by atoms with Crippen LogP contribution in [0.25, 0.3) is 17.1 Å². The van der Waals surface area contributed by atoms with Gasteiger partial charge in [0.25, 0.3) is 0 Å². The van der Waals surface area contributed by atoms with Crippen molar-refractivity contribution in [3.8, 4) is 17.1 Å². The van der Waals surface area contributed by atoms with Crippen LogP contribution in [0.3, 0.4) is 0 Å². The molecule has 2 aromatic carbocycles. The second-order valence-corrected chi connectivity index (χ2v) is 8.50. The molecule has 5 N–H and O–H groups in total. The largest absolute Gasteiger partial charge is 0.476 e. The van der Waals surface area contributed by atoms with Gasteiger partial charge in [0.15, 0.2) is 11.5 Å². The number of nitrogen functional groups attached to an aromatic ring is 1. The first-order valence-electron chi connectivity index (χ1n) is 9.36. The van der Waals surface area contributed by atoms with Crippen molar-refractivity contribution < 1.29 is 18.3 Å². The van der Waals surface area contributed by atoms with Crippen LogP contribution in [0, 0.1) is 0 Å². The van der Waals surface area contributed by atoms with Crippen LogP contribution in [0.15, 0.2) is 71.6 Å². The van der Waals surface area contributed by atoms with Gasteiger partial charge >= 0.3 is 5.97 Å². The third kappa shape index (κ3) is 4.19. The van der Waals surface area contributed by atoms with E-state index in [1.807, 2.05) is 30.3 Å². The minimum absolute atomic E-state index is 0.0157. The number of carboxylic acid groups (broad SMARTS) is 1. The van der Waals surface area contributed by atoms with Gasteiger partial charge in [0.05, 0.1) is 10.6 Å². The number of rotatable bonds is 6. The lowest BCUT2D eigenvalue weighted by molar-refractivity contribution is 0.0689. The molecule has 0 fully saturated rings. The molecule has 0 saturated carbocycles. The molecule has 162 valence electrons. The summed E-state index contributed by atoms with van der Waals surface area (Å²) in [6, 6.07) is 18.4. The summed E-state index contributed by atoms with van der Waals surface area (Å²) >= 11 is 0. The van der Waals surface area contributed by atoms with E-state index in [1.165, 1.54) is 28.9 Å². The minimum atomic E-state index is -3.79. The highest BCUT2D eigenvalue weighted by Gasteiger charge is 2.20. The van der Waals surface area contributed by atoms with E-state index in [9.17, 15) is 13.2 Å². The highest BCUT2D eigenvalue weighted by Crippen LogP contribution is 2.31. The number of hydrogen-bond donors (Lipinski definition) is 3. The van der Waals surface area contributed by atoms with Gasteiger partial charge in [0, 0.05) is 17.5 Å². The molecule has 2 aromatic heterocycles. The van der Waals surface area contributed by atoms with E-state index in [0.29, 0.717) is 23.5 Å². The van der Waals surface area contributed by atoms with Crippen molar-refractivity contribution in [2.75, 3.05) is 5.73 Å². The molecule has 0 aliphatic heterocycles. The molecule has 0 saturated heterocycles. The molecule has 10 nitrogen and oxygen atoms in total. The molecule has 0 aliphatic rings. The van der Waals surface area contributed by atoms with E-state index < -0.39 is 16.0 Å². The Kier molecular flexibility index (Phi) is 5.43. The van der Waals surface area contributed by atoms with Gasteiger partial charge in [-0.25, -0.2) is 18.4 Å². The molecule has 0 unspecified atom stereocenters. The van der Waals surface area contributed by atoms with Gasteiger partial charge in [0.2, 0.25) is 10.0 Å². The summed E-state index contributed by atoms with van der Waals surface area (Å²) in [5.74, 6) is -0.622. The number of aromatic nitrogens is 4. The Labute approximate surface area is 183 Å². The zero-order chi connectivity index (χ0) is 22.9. The van der Waals surface area contributed by atoms with Crippen LogP contribution in [0.4, 0.5) is 5.82 Å². The Morgan fingerprint density at radius 1 is 0.969 bits per heavy atom. The lowest BCUT2D eigenvalue weighted by Gasteiger charge is -2.06. The first-order chi connectivity index (χ1) is 15.2. The normalized spacial score (nSPS) is 11.4. The van der Waals surface area contributed by atoms with Gasteiger partial charge < -0.3 is 10.8 Å². The van der Waals surface area contributed by atoms with Crippen LogP contribution >= 0.6 is 0 Å². The molecule has 0 spiro atoms. The first-order valence-corrected chi connectivity index (χ1v) is 10.9. The molecular weight excluding hydrogens is 432 g/mol. The van der Waals surface area contributed by atoms with E-state index in [0.717, 1.165) is 11.1 Å². The lowest BCUT2D eigenvalue weighted by Crippen LogP contribution is -2.12. The zero-order valence-corrected chi connectivity index (χ0v) is 17.4. The predicted molar refractivity (Wildman–Crippen MR) is 117 cm³/mol. The van der Waals surface area contributed by atoms with Gasteiger partial charge in [0.1, 0.15) is 5.82 Å². The second kappa shape index (κ2) is 8.21. The van der Waals surface area contributed by atoms with Crippen molar-refractivity contribution in [2.24, 2.45) is 5.14 Å². The Balaban J connectivity index is 1.79. The standard InChI is InChI=1S/C21H18N6O4S/c22-20-16(12-13-6-8-15(9-7-13)32(23,30)31)19(14-4-2-1-3-5-14)26-27(20)18-11-10-17(21(28)29)24-25-18/h1-11H,12,22H2,(H,28,29)(H2,23,30,31). The van der Waals surface area contributed by atoms with Crippen LogP contribution in [-0.4, -0.2) is 39.5 Å². The van der Waals surface area contributed by atoms with E-state index in [1.54, 1.807) is 12.1 Å². The molecule has 0 atom stereocenters. The monoisotopic (exact) mass is 450 g/mol. The number of carboxylic acids is 1. The van der Waals surface area contributed by atoms with E-state index in [4.69, 9.17) is 16.0 Å². The summed E-state index contributed by atoms with van der Waals surface area (Å²) in [6.45, 7) is 0. The predicted octanol–water partition coefficient (Wildman–Crippen LogP) is 1.85. The molecule has 4 aromatic rings. The number of aromatic carboxylic acids is 1. The summed E-state index contributed by atoms with van der Waals surface area (Å²) in [5, 5.41) is 26.4. The Morgan fingerprint density at radius 2 is 1.66 bits per heavy atom. The molecule has 2 heterocycles. The molecule has 11 heteroatoms. The van der Waals surface area contributed by atoms with Crippen molar-refractivity contribution >= 4 is 21.8 Å². The van der Waals surface area contributed by atoms with Gasteiger partial charge in [-0.1, -0.05) is 42.5 Å². The summed E-state index contributed by atoms with van der Waals surface area (Å²) in [7, 11) is -3.79. The quantitative estimate of drug-likeness (QED) is 0.400. The highest BCUT2D eigenvalue weighted by molar-refractivity contribution is 7.89. The van der Waals surface area contributed by atoms with Gasteiger partial charge in [-0.05, 0) is 29.8 Å². The summed E-state index contributed by atoms with van der Waals surface area (Å²) in [4.78, 5) is 11.1. The maximum absolute atomic E-state index is 11.5. The Morgan fingerprint density at radius 3 is 2.22 bits per heavy atom. The summed E-state index contributed by atoms with van der Waals surface area (Å²) in [6.07, 6.45) is 0.363. The number of primary sulfonamides is 1. The summed E-state index contributed by atoms with van der Waals surface area (Å²) < 4.78 is 24.4. The van der Waals surface area contributed by atoms with Crippen LogP contribution in [0.5, 0.6) is 0 Å². The van der Waals surface area contributed by atoms with Gasteiger partial charge in [-0.3, -0.25) is 0 Å². The maximum Gasteiger partial charge on any atom is 0.356 e. The average Bonchev–Trinajstić information content (AvgIpc) is 3.10. The fraction of sp³-hybridized carbons (Fsp3) is 0.0476. The average molecular weight is 450 g/mol. The lowest BCUT2D eigenvalue weighted by atomic mass is 10.0. The maximum atomic E-state index is 11.5. The number of nitrogens with two attached hydrogens (primary N) is 2. The number of hydrogen-bond acceptors (Lipinski definition) is 7. The van der Waals surface area contributed by atoms with Crippen LogP contribution in [0.2, 0.25) is 0 Å². The smallest absolute Gasteiger partial charge is 0.356 e. The SMILES string of the molecule is Nc1c(Cc2ccc(S(N)(=O)=O)cc2)c(-c2ccccc2)nn1-c1ccc(C(=O)O)nn1. The molecule has 0 amide bonds. The van der Waals surface area contributed by atoms with Crippen molar-refractivity contribution in [2.45, 2.75) is 11.3 Å². The van der Waals surface area contributed by atoms with Gasteiger partial charge in [-0.15, -0.1) is 10.2 Å². The Bertz CT molecular complexity index is 1380. The third-order valence-corrected chi connectivity index (χ3v) is 5.72. The third-order valence-electron chi connectivity index (χ3n) is 4.79. The highest BCUT2D eigenvalue weighted by atomic mass is 32.2. The fourth-order valence-electron chi connectivity index (χ4n) is 3.19. The van der Waals surface area contributed by atoms with Crippen LogP contribution < -0.4 is 10.9 Å². The number of nitrogens with zero attached hydrogens (tertiary/aromatic N) is 4. The summed E-state index contributed by atoms with van der Waals surface area (Å²) in [5.41, 5.74) is 9.16. The zero-order valence-electron chi connectivity index (χ0n) is 16.6. The molecule has 0 bridgehead atoms. The number of sulfonamides is 1. The van der Waals surface area contributed by atoms with Crippen molar-refractivity contribution in [1.82, 2.24) is 20.0 Å². The Hall–Kier alpha value is -4.09. The molecule has 0 radical (unpaired) electrons. The molecule has 0 aliphatic carbocycles. The van der Waals surface area contributed by atoms with E-state index in [-0.39, 0.29) is 16.4 Å². The first kappa shape index (κ1) is 21.2. The fourth-order valence-corrected chi connectivity index (χ4v) is 3.71. The molecule has 4 rings (SSSR count). The van der Waals surface area contributed by atoms with E-state index >= 15 is 0 Å². The number of anilines is 1. The second-order valence-electron chi connectivity index (χ2n) is 6.94. The van der Waals surface area contributed by atoms with Crippen LogP contribution in [-0.2, 0) is 16.4 Å². The topological polar surface area (TPSA) is 167 Å². The van der Waals surface area contributed by atoms with E-state index in [2.05, 4.69) is 15.3 Å². The number of carbonyl (C=O) groups is 1. The van der Waals surface area contributed by atoms with Gasteiger partial charge in [-0.2, -0.15) is 9.78 Å². The van der Waals surface area contributed by atoms with Crippen molar-refractivity contribution in [3.05, 3.63) is 83.6 Å². The number of benzene rings is 2. The van der Waals surface area contributed by atoms with Crippen molar-refractivity contribution in [3.63, 3.8) is 0 Å². The molecule has 32 heavy (non-hydrogen) atoms. The molecular formula is C21H18N6O4S. The van der Waals surface area contributed by atoms with Crippen molar-refractivity contribution in [1.29, 1.82) is 0 Å². The van der Waals surface area contributed by atoms with Crippen LogP contribution in [0.1, 0.15) is 21.6 Å². The minimum Gasteiger partial charge on any atom is -0.476 e.